The summed E-state index contributed by atoms with van der Waals surface area (Å²) in [5.41, 5.74) is 2.20. The molecule has 5 heteroatoms. The number of thioether (sulfide) groups is 1. The summed E-state index contributed by atoms with van der Waals surface area (Å²) in [4.78, 5) is 0. The fourth-order valence-corrected chi connectivity index (χ4v) is 3.28. The first-order valence-electron chi connectivity index (χ1n) is 6.23. The molecule has 1 aliphatic heterocycles. The van der Waals surface area contributed by atoms with Crippen LogP contribution in [0.1, 0.15) is 12.8 Å². The lowest BCUT2D eigenvalue weighted by molar-refractivity contribution is 0.683. The number of para-hydroxylation sites is 2. The summed E-state index contributed by atoms with van der Waals surface area (Å²) in [6.07, 6.45) is 6.12. The Kier molecular flexibility index (Phi) is 3.50. The molecule has 0 radical (unpaired) electrons. The molecule has 1 atom stereocenters. The number of rotatable bonds is 3. The van der Waals surface area contributed by atoms with Gasteiger partial charge in [0.25, 0.3) is 0 Å². The second kappa shape index (κ2) is 5.44. The van der Waals surface area contributed by atoms with Crippen molar-refractivity contribution in [1.29, 1.82) is 0 Å². The van der Waals surface area contributed by atoms with E-state index in [1.54, 1.807) is 10.9 Å². The summed E-state index contributed by atoms with van der Waals surface area (Å²) in [5, 5.41) is 11.6. The van der Waals surface area contributed by atoms with Crippen molar-refractivity contribution in [3.8, 4) is 5.69 Å². The van der Waals surface area contributed by atoms with Gasteiger partial charge in [0.1, 0.15) is 0 Å². The van der Waals surface area contributed by atoms with E-state index in [1.165, 1.54) is 24.3 Å². The van der Waals surface area contributed by atoms with Gasteiger partial charge in [-0.05, 0) is 30.7 Å². The van der Waals surface area contributed by atoms with E-state index in [2.05, 4.69) is 33.8 Å². The Bertz CT molecular complexity index is 491. The Balaban J connectivity index is 1.83. The van der Waals surface area contributed by atoms with Gasteiger partial charge in [-0.15, -0.1) is 5.10 Å². The van der Waals surface area contributed by atoms with E-state index < -0.39 is 0 Å². The topological polar surface area (TPSA) is 42.7 Å². The highest BCUT2D eigenvalue weighted by molar-refractivity contribution is 7.99. The normalized spacial score (nSPS) is 19.7. The summed E-state index contributed by atoms with van der Waals surface area (Å²) >= 11 is 2.03. The van der Waals surface area contributed by atoms with Gasteiger partial charge in [-0.2, -0.15) is 11.8 Å². The standard InChI is InChI=1S/C13H16N4S/c1-2-6-13(17-8-7-14-16-17)12(5-1)15-11-4-3-9-18-10-11/h1-2,5-8,11,15H,3-4,9-10H2. The van der Waals surface area contributed by atoms with Crippen molar-refractivity contribution in [3.05, 3.63) is 36.7 Å². The number of hydrogen-bond donors (Lipinski definition) is 1. The number of hydrogen-bond acceptors (Lipinski definition) is 4. The molecule has 0 amide bonds. The Labute approximate surface area is 111 Å². The molecule has 18 heavy (non-hydrogen) atoms. The molecule has 3 rings (SSSR count). The lowest BCUT2D eigenvalue weighted by Gasteiger charge is -2.24. The van der Waals surface area contributed by atoms with E-state index in [-0.39, 0.29) is 0 Å². The van der Waals surface area contributed by atoms with Gasteiger partial charge < -0.3 is 5.32 Å². The molecule has 0 bridgehead atoms. The maximum Gasteiger partial charge on any atom is 0.0894 e. The SMILES string of the molecule is c1ccc(-n2ccnn2)c(NC2CCCSC2)c1. The third-order valence-electron chi connectivity index (χ3n) is 3.09. The van der Waals surface area contributed by atoms with Crippen molar-refractivity contribution in [2.45, 2.75) is 18.9 Å². The number of benzene rings is 1. The molecule has 1 unspecified atom stereocenters. The minimum atomic E-state index is 0.563. The van der Waals surface area contributed by atoms with Crippen molar-refractivity contribution >= 4 is 17.4 Å². The molecule has 1 aliphatic rings. The molecule has 2 heterocycles. The van der Waals surface area contributed by atoms with Gasteiger partial charge in [0.05, 0.1) is 23.8 Å². The summed E-state index contributed by atoms with van der Waals surface area (Å²) < 4.78 is 1.80. The van der Waals surface area contributed by atoms with E-state index in [4.69, 9.17) is 0 Å². The van der Waals surface area contributed by atoms with E-state index in [0.29, 0.717) is 6.04 Å². The zero-order valence-electron chi connectivity index (χ0n) is 10.1. The van der Waals surface area contributed by atoms with Gasteiger partial charge in [0, 0.05) is 11.8 Å². The molecule has 0 aliphatic carbocycles. The van der Waals surface area contributed by atoms with Gasteiger partial charge in [-0.3, -0.25) is 0 Å². The van der Waals surface area contributed by atoms with Gasteiger partial charge in [0.2, 0.25) is 0 Å². The Morgan fingerprint density at radius 2 is 2.28 bits per heavy atom. The van der Waals surface area contributed by atoms with E-state index in [1.807, 2.05) is 24.0 Å². The fraction of sp³-hybridized carbons (Fsp3) is 0.385. The molecule has 1 aromatic carbocycles. The quantitative estimate of drug-likeness (QED) is 0.921. The fourth-order valence-electron chi connectivity index (χ4n) is 2.21. The van der Waals surface area contributed by atoms with E-state index in [9.17, 15) is 0 Å². The number of aromatic nitrogens is 3. The van der Waals surface area contributed by atoms with Gasteiger partial charge >= 0.3 is 0 Å². The molecule has 1 saturated heterocycles. The highest BCUT2D eigenvalue weighted by Gasteiger charge is 2.15. The average molecular weight is 260 g/mol. The first-order chi connectivity index (χ1) is 8.93. The predicted molar refractivity (Wildman–Crippen MR) is 75.3 cm³/mol. The maximum absolute atomic E-state index is 4.06. The molecule has 2 aromatic rings. The molecule has 0 saturated carbocycles. The van der Waals surface area contributed by atoms with Crippen molar-refractivity contribution in [1.82, 2.24) is 15.0 Å². The van der Waals surface area contributed by atoms with Crippen LogP contribution in [0.25, 0.3) is 5.69 Å². The summed E-state index contributed by atoms with van der Waals surface area (Å²) in [7, 11) is 0. The Hall–Kier alpha value is -1.49. The third-order valence-corrected chi connectivity index (χ3v) is 4.31. The molecule has 4 nitrogen and oxygen atoms in total. The summed E-state index contributed by atoms with van der Waals surface area (Å²) in [5.74, 6) is 2.48. The van der Waals surface area contributed by atoms with Crippen LogP contribution in [-0.4, -0.2) is 32.5 Å². The van der Waals surface area contributed by atoms with Crippen LogP contribution in [-0.2, 0) is 0 Å². The molecule has 1 N–H and O–H groups in total. The predicted octanol–water partition coefficient (Wildman–Crippen LogP) is 2.57. The lowest BCUT2D eigenvalue weighted by Crippen LogP contribution is -2.26. The van der Waals surface area contributed by atoms with Crippen molar-refractivity contribution in [3.63, 3.8) is 0 Å². The smallest absolute Gasteiger partial charge is 0.0894 e. The number of anilines is 1. The van der Waals surface area contributed by atoms with Crippen LogP contribution in [0.3, 0.4) is 0 Å². The molecule has 0 spiro atoms. The minimum Gasteiger partial charge on any atom is -0.380 e. The molecule has 94 valence electrons. The second-order valence-electron chi connectivity index (χ2n) is 4.42. The average Bonchev–Trinajstić information content (AvgIpc) is 2.94. The monoisotopic (exact) mass is 260 g/mol. The van der Waals surface area contributed by atoms with Crippen LogP contribution in [0.15, 0.2) is 36.7 Å². The van der Waals surface area contributed by atoms with Gasteiger partial charge in [-0.25, -0.2) is 4.68 Å². The zero-order chi connectivity index (χ0) is 12.2. The Morgan fingerprint density at radius 3 is 3.06 bits per heavy atom. The van der Waals surface area contributed by atoms with E-state index in [0.717, 1.165) is 11.4 Å². The second-order valence-corrected chi connectivity index (χ2v) is 5.57. The summed E-state index contributed by atoms with van der Waals surface area (Å²) in [6, 6.07) is 8.81. The minimum absolute atomic E-state index is 0.563. The maximum atomic E-state index is 4.06. The van der Waals surface area contributed by atoms with Crippen molar-refractivity contribution in [2.75, 3.05) is 16.8 Å². The summed E-state index contributed by atoms with van der Waals surface area (Å²) in [6.45, 7) is 0. The molecule has 1 aromatic heterocycles. The van der Waals surface area contributed by atoms with Crippen LogP contribution in [0.4, 0.5) is 5.69 Å². The van der Waals surface area contributed by atoms with Crippen LogP contribution in [0.2, 0.25) is 0 Å². The van der Waals surface area contributed by atoms with Crippen LogP contribution < -0.4 is 5.32 Å². The first kappa shape index (κ1) is 11.6. The van der Waals surface area contributed by atoms with Crippen LogP contribution >= 0.6 is 11.8 Å². The van der Waals surface area contributed by atoms with Gasteiger partial charge in [-0.1, -0.05) is 17.3 Å². The van der Waals surface area contributed by atoms with Crippen molar-refractivity contribution < 1.29 is 0 Å². The van der Waals surface area contributed by atoms with Crippen LogP contribution in [0.5, 0.6) is 0 Å². The third kappa shape index (κ3) is 2.51. The Morgan fingerprint density at radius 1 is 1.33 bits per heavy atom. The molecular formula is C13H16N4S. The lowest BCUT2D eigenvalue weighted by atomic mass is 10.1. The highest BCUT2D eigenvalue weighted by Crippen LogP contribution is 2.24. The largest absolute Gasteiger partial charge is 0.380 e. The van der Waals surface area contributed by atoms with Crippen LogP contribution in [0, 0.1) is 0 Å². The van der Waals surface area contributed by atoms with Gasteiger partial charge in [0.15, 0.2) is 0 Å². The highest BCUT2D eigenvalue weighted by atomic mass is 32.2. The first-order valence-corrected chi connectivity index (χ1v) is 7.39. The molecular weight excluding hydrogens is 244 g/mol. The van der Waals surface area contributed by atoms with Crippen molar-refractivity contribution in [2.24, 2.45) is 0 Å². The zero-order valence-corrected chi connectivity index (χ0v) is 10.9. The number of nitrogens with zero attached hydrogens (tertiary/aromatic N) is 3. The van der Waals surface area contributed by atoms with E-state index >= 15 is 0 Å². The number of nitrogens with one attached hydrogen (secondary N) is 1. The molecule has 1 fully saturated rings.